The van der Waals surface area contributed by atoms with Crippen molar-refractivity contribution in [2.45, 2.75) is 6.92 Å². The van der Waals surface area contributed by atoms with Gasteiger partial charge in [0.1, 0.15) is 5.75 Å². The van der Waals surface area contributed by atoms with E-state index in [2.05, 4.69) is 42.4 Å². The summed E-state index contributed by atoms with van der Waals surface area (Å²) in [6, 6.07) is 7.43. The minimum Gasteiger partial charge on any atom is -0.506 e. The van der Waals surface area contributed by atoms with Gasteiger partial charge in [0.05, 0.1) is 25.5 Å². The van der Waals surface area contributed by atoms with Crippen LogP contribution in [0.1, 0.15) is 21.7 Å². The van der Waals surface area contributed by atoms with Crippen LogP contribution < -0.4 is 5.43 Å². The fourth-order valence-electron chi connectivity index (χ4n) is 2.48. The molecule has 3 rings (SSSR count). The van der Waals surface area contributed by atoms with Crippen molar-refractivity contribution in [3.63, 3.8) is 0 Å². The normalized spacial score (nSPS) is 11.2. The van der Waals surface area contributed by atoms with Gasteiger partial charge < -0.3 is 9.52 Å². The molecule has 0 radical (unpaired) electrons. The number of nitro groups is 1. The van der Waals surface area contributed by atoms with Crippen LogP contribution in [0.5, 0.6) is 5.75 Å². The lowest BCUT2D eigenvalue weighted by atomic mass is 10.1. The van der Waals surface area contributed by atoms with Crippen LogP contribution in [0, 0.1) is 17.0 Å². The fourth-order valence-corrected chi connectivity index (χ4v) is 3.73. The predicted octanol–water partition coefficient (Wildman–Crippen LogP) is 4.64. The number of hydrazone groups is 1. The number of nitrogens with one attached hydrogen (secondary N) is 1. The Morgan fingerprint density at radius 3 is 2.78 bits per heavy atom. The number of nitrogens with zero attached hydrogens (tertiary/aromatic N) is 2. The first-order chi connectivity index (χ1) is 12.8. The van der Waals surface area contributed by atoms with E-state index in [1.807, 2.05) is 0 Å². The molecule has 0 aliphatic rings. The van der Waals surface area contributed by atoms with Gasteiger partial charge in [0.2, 0.25) is 0 Å². The molecule has 0 aliphatic heterocycles. The second kappa shape index (κ2) is 7.49. The average Bonchev–Trinajstić information content (AvgIpc) is 2.98. The number of nitro benzene ring substituents is 1. The summed E-state index contributed by atoms with van der Waals surface area (Å²) in [4.78, 5) is 22.6. The first-order valence-corrected chi connectivity index (χ1v) is 9.06. The van der Waals surface area contributed by atoms with E-state index in [1.165, 1.54) is 24.4 Å². The minimum absolute atomic E-state index is 0.00436. The van der Waals surface area contributed by atoms with Crippen molar-refractivity contribution < 1.29 is 19.2 Å². The first kappa shape index (κ1) is 19.1. The summed E-state index contributed by atoms with van der Waals surface area (Å²) in [7, 11) is 0. The number of fused-ring (bicyclic) bond motifs is 1. The molecular formula is C17H11Br2N3O5. The van der Waals surface area contributed by atoms with E-state index in [9.17, 15) is 20.0 Å². The van der Waals surface area contributed by atoms with Crippen molar-refractivity contribution in [1.29, 1.82) is 0 Å². The number of hydrogen-bond acceptors (Lipinski definition) is 6. The molecule has 0 spiro atoms. The van der Waals surface area contributed by atoms with Crippen LogP contribution in [0.2, 0.25) is 0 Å². The number of phenolic OH excluding ortho intramolecular Hbond substituents is 1. The number of benzene rings is 2. The number of carbonyl (C=O) groups excluding carboxylic acids is 1. The largest absolute Gasteiger partial charge is 0.506 e. The third kappa shape index (κ3) is 3.71. The monoisotopic (exact) mass is 495 g/mol. The Hall–Kier alpha value is -2.72. The SMILES string of the molecule is Cc1c(C(=O)N/N=C/c2cccc([N+](=O)[O-])c2)oc2c(Br)cc(Br)c(O)c12. The van der Waals surface area contributed by atoms with Crippen molar-refractivity contribution in [2.24, 2.45) is 5.10 Å². The number of aryl methyl sites for hydroxylation is 1. The van der Waals surface area contributed by atoms with Gasteiger partial charge >= 0.3 is 5.91 Å². The molecule has 0 saturated carbocycles. The maximum Gasteiger partial charge on any atom is 0.307 e. The number of carbonyl (C=O) groups is 1. The molecule has 3 aromatic rings. The summed E-state index contributed by atoms with van der Waals surface area (Å²) >= 11 is 6.57. The van der Waals surface area contributed by atoms with E-state index in [1.54, 1.807) is 19.1 Å². The third-order valence-electron chi connectivity index (χ3n) is 3.75. The standard InChI is InChI=1S/C17H11Br2N3O5/c1-8-13-14(23)11(18)6-12(19)16(13)27-15(8)17(24)21-20-7-9-3-2-4-10(5-9)22(25)26/h2-7,23H,1H3,(H,21,24)/b20-7+. The molecule has 1 aromatic heterocycles. The highest BCUT2D eigenvalue weighted by atomic mass is 79.9. The number of non-ortho nitro benzene ring substituents is 1. The van der Waals surface area contributed by atoms with E-state index in [-0.39, 0.29) is 17.2 Å². The number of halogens is 2. The molecule has 2 aromatic carbocycles. The summed E-state index contributed by atoms with van der Waals surface area (Å²) in [6.45, 7) is 1.64. The van der Waals surface area contributed by atoms with E-state index >= 15 is 0 Å². The molecule has 0 fully saturated rings. The van der Waals surface area contributed by atoms with E-state index in [0.717, 1.165) is 0 Å². The van der Waals surface area contributed by atoms with Gasteiger partial charge in [-0.2, -0.15) is 5.10 Å². The molecule has 27 heavy (non-hydrogen) atoms. The van der Waals surface area contributed by atoms with Crippen LogP contribution in [0.4, 0.5) is 5.69 Å². The summed E-state index contributed by atoms with van der Waals surface area (Å²) in [5.74, 6) is -0.656. The first-order valence-electron chi connectivity index (χ1n) is 7.47. The maximum absolute atomic E-state index is 12.4. The molecule has 1 heterocycles. The van der Waals surface area contributed by atoms with Crippen molar-refractivity contribution in [2.75, 3.05) is 0 Å². The number of amides is 1. The Morgan fingerprint density at radius 1 is 1.33 bits per heavy atom. The van der Waals surface area contributed by atoms with Crippen LogP contribution in [0.15, 0.2) is 48.8 Å². The van der Waals surface area contributed by atoms with Crippen molar-refractivity contribution in [3.8, 4) is 5.75 Å². The average molecular weight is 497 g/mol. The maximum atomic E-state index is 12.4. The Kier molecular flexibility index (Phi) is 5.29. The number of furan rings is 1. The number of rotatable bonds is 4. The molecule has 0 bridgehead atoms. The van der Waals surface area contributed by atoms with E-state index in [4.69, 9.17) is 4.42 Å². The number of aromatic hydroxyl groups is 1. The summed E-state index contributed by atoms with van der Waals surface area (Å²) in [6.07, 6.45) is 1.28. The minimum atomic E-state index is -0.618. The van der Waals surface area contributed by atoms with Gasteiger partial charge in [0.25, 0.3) is 5.69 Å². The van der Waals surface area contributed by atoms with E-state index in [0.29, 0.717) is 31.0 Å². The summed E-state index contributed by atoms with van der Waals surface area (Å²) in [5, 5.41) is 25.2. The molecular weight excluding hydrogens is 486 g/mol. The fraction of sp³-hybridized carbons (Fsp3) is 0.0588. The zero-order chi connectivity index (χ0) is 19.7. The lowest BCUT2D eigenvalue weighted by molar-refractivity contribution is -0.384. The highest BCUT2D eigenvalue weighted by Crippen LogP contribution is 2.41. The highest BCUT2D eigenvalue weighted by Gasteiger charge is 2.22. The van der Waals surface area contributed by atoms with Gasteiger partial charge in [-0.3, -0.25) is 14.9 Å². The predicted molar refractivity (Wildman–Crippen MR) is 106 cm³/mol. The van der Waals surface area contributed by atoms with E-state index < -0.39 is 10.8 Å². The highest BCUT2D eigenvalue weighted by molar-refractivity contribution is 9.11. The Bertz CT molecular complexity index is 1110. The van der Waals surface area contributed by atoms with Gasteiger partial charge in [-0.15, -0.1) is 0 Å². The molecule has 10 heteroatoms. The Labute approximate surface area is 169 Å². The third-order valence-corrected chi connectivity index (χ3v) is 4.94. The van der Waals surface area contributed by atoms with Crippen LogP contribution >= 0.6 is 31.9 Å². The van der Waals surface area contributed by atoms with Crippen LogP contribution in [-0.4, -0.2) is 22.2 Å². The zero-order valence-corrected chi connectivity index (χ0v) is 16.9. The summed E-state index contributed by atoms with van der Waals surface area (Å²) in [5.41, 5.74) is 3.47. The molecule has 0 saturated heterocycles. The second-order valence-corrected chi connectivity index (χ2v) is 7.21. The molecule has 2 N–H and O–H groups in total. The summed E-state index contributed by atoms with van der Waals surface area (Å²) < 4.78 is 6.61. The van der Waals surface area contributed by atoms with Gasteiger partial charge in [0.15, 0.2) is 11.3 Å². The lowest BCUT2D eigenvalue weighted by Gasteiger charge is -2.00. The van der Waals surface area contributed by atoms with Gasteiger partial charge in [-0.1, -0.05) is 12.1 Å². The molecule has 0 unspecified atom stereocenters. The molecule has 8 nitrogen and oxygen atoms in total. The zero-order valence-electron chi connectivity index (χ0n) is 13.7. The van der Waals surface area contributed by atoms with Crippen LogP contribution in [0.3, 0.4) is 0 Å². The molecule has 0 aliphatic carbocycles. The quantitative estimate of drug-likeness (QED) is 0.310. The number of phenols is 1. The van der Waals surface area contributed by atoms with Gasteiger partial charge in [0, 0.05) is 23.3 Å². The Balaban J connectivity index is 1.86. The number of hydrogen-bond donors (Lipinski definition) is 2. The lowest BCUT2D eigenvalue weighted by Crippen LogP contribution is -2.17. The smallest absolute Gasteiger partial charge is 0.307 e. The topological polar surface area (TPSA) is 118 Å². The molecule has 1 amide bonds. The van der Waals surface area contributed by atoms with Crippen LogP contribution in [0.25, 0.3) is 11.0 Å². The van der Waals surface area contributed by atoms with Crippen molar-refractivity contribution in [1.82, 2.24) is 5.43 Å². The van der Waals surface area contributed by atoms with Gasteiger partial charge in [-0.25, -0.2) is 5.43 Å². The van der Waals surface area contributed by atoms with Crippen molar-refractivity contribution >= 4 is 60.6 Å². The van der Waals surface area contributed by atoms with Crippen molar-refractivity contribution in [3.05, 3.63) is 66.3 Å². The second-order valence-electron chi connectivity index (χ2n) is 5.50. The molecule has 138 valence electrons. The molecule has 0 atom stereocenters. The van der Waals surface area contributed by atoms with Gasteiger partial charge in [-0.05, 0) is 44.8 Å². The Morgan fingerprint density at radius 2 is 2.07 bits per heavy atom. The van der Waals surface area contributed by atoms with Crippen LogP contribution in [-0.2, 0) is 0 Å².